The lowest BCUT2D eigenvalue weighted by atomic mass is 10.1. The second-order valence-corrected chi connectivity index (χ2v) is 9.74. The van der Waals surface area contributed by atoms with Gasteiger partial charge >= 0.3 is 0 Å². The Kier molecular flexibility index (Phi) is 6.02. The number of rotatable bonds is 7. The van der Waals surface area contributed by atoms with Gasteiger partial charge in [-0.15, -0.1) is 21.5 Å². The van der Waals surface area contributed by atoms with Crippen LogP contribution in [0.5, 0.6) is 0 Å². The van der Waals surface area contributed by atoms with Crippen LogP contribution in [0.1, 0.15) is 23.4 Å². The number of nitrogens with zero attached hydrogens (tertiary/aromatic N) is 3. The number of thioether (sulfide) groups is 1. The van der Waals surface area contributed by atoms with Crippen LogP contribution in [0.25, 0.3) is 28.0 Å². The van der Waals surface area contributed by atoms with Crippen LogP contribution in [0.4, 0.5) is 0 Å². The lowest BCUT2D eigenvalue weighted by Crippen LogP contribution is -2.27. The molecule has 1 amide bonds. The molecule has 8 heteroatoms. The third-order valence-corrected chi connectivity index (χ3v) is 7.39. The Balaban J connectivity index is 1.46. The van der Waals surface area contributed by atoms with Crippen LogP contribution in [-0.4, -0.2) is 31.4 Å². The number of amides is 1. The van der Waals surface area contributed by atoms with Crippen molar-refractivity contribution in [2.24, 2.45) is 0 Å². The average Bonchev–Trinajstić information content (AvgIpc) is 3.57. The van der Waals surface area contributed by atoms with Gasteiger partial charge in [0.15, 0.2) is 11.0 Å². The minimum absolute atomic E-state index is 0.0190. The molecule has 3 heterocycles. The normalized spacial score (nSPS) is 12.2. The number of hydrogen-bond donors (Lipinski definition) is 2. The van der Waals surface area contributed by atoms with E-state index in [-0.39, 0.29) is 17.7 Å². The number of carbonyl (C=O) groups excluding carboxylic acids is 1. The van der Waals surface area contributed by atoms with E-state index in [4.69, 9.17) is 0 Å². The predicted molar refractivity (Wildman–Crippen MR) is 135 cm³/mol. The Morgan fingerprint density at radius 1 is 1.15 bits per heavy atom. The molecule has 2 aromatic carbocycles. The third-order valence-electron chi connectivity index (χ3n) is 5.40. The monoisotopic (exact) mass is 473 g/mol. The number of H-pyrrole nitrogens is 1. The second-order valence-electron chi connectivity index (χ2n) is 7.82. The van der Waals surface area contributed by atoms with Crippen LogP contribution in [0, 0.1) is 6.92 Å². The van der Waals surface area contributed by atoms with Crippen molar-refractivity contribution < 1.29 is 4.79 Å². The summed E-state index contributed by atoms with van der Waals surface area (Å²) in [5.41, 5.74) is 4.13. The molecule has 1 atom stereocenters. The van der Waals surface area contributed by atoms with Crippen molar-refractivity contribution in [1.29, 1.82) is 0 Å². The highest BCUT2D eigenvalue weighted by atomic mass is 32.2. The summed E-state index contributed by atoms with van der Waals surface area (Å²) in [5.74, 6) is 0.967. The Labute approximate surface area is 200 Å². The molecule has 0 spiro atoms. The van der Waals surface area contributed by atoms with E-state index in [0.29, 0.717) is 5.16 Å². The molecular formula is C25H23N5OS2. The zero-order chi connectivity index (χ0) is 22.8. The smallest absolute Gasteiger partial charge is 0.230 e. The maximum Gasteiger partial charge on any atom is 0.230 e. The molecule has 6 nitrogen and oxygen atoms in total. The number of benzene rings is 2. The van der Waals surface area contributed by atoms with Crippen LogP contribution in [-0.2, 0) is 4.79 Å². The lowest BCUT2D eigenvalue weighted by molar-refractivity contribution is -0.119. The number of carbonyl (C=O) groups is 1. The van der Waals surface area contributed by atoms with E-state index in [1.165, 1.54) is 11.8 Å². The molecule has 0 saturated carbocycles. The van der Waals surface area contributed by atoms with E-state index >= 15 is 0 Å². The van der Waals surface area contributed by atoms with Crippen LogP contribution >= 0.6 is 23.1 Å². The topological polar surface area (TPSA) is 75.6 Å². The summed E-state index contributed by atoms with van der Waals surface area (Å²) >= 11 is 3.03. The third kappa shape index (κ3) is 4.44. The number of thiophene rings is 1. The van der Waals surface area contributed by atoms with Gasteiger partial charge in [0.05, 0.1) is 11.8 Å². The predicted octanol–water partition coefficient (Wildman–Crippen LogP) is 5.76. The molecule has 0 fully saturated rings. The Bertz CT molecular complexity index is 1400. The van der Waals surface area contributed by atoms with E-state index in [1.807, 2.05) is 65.5 Å². The first-order chi connectivity index (χ1) is 16.1. The van der Waals surface area contributed by atoms with E-state index < -0.39 is 0 Å². The SMILES string of the molecule is Cc1cccc(-n2c(SCC(=O)NC(C)c3cccs3)nnc2-c2c[nH]c3ccccc23)c1. The summed E-state index contributed by atoms with van der Waals surface area (Å²) < 4.78 is 2.03. The quantitative estimate of drug-likeness (QED) is 0.295. The fourth-order valence-electron chi connectivity index (χ4n) is 3.82. The van der Waals surface area contributed by atoms with Gasteiger partial charge in [0.25, 0.3) is 0 Å². The summed E-state index contributed by atoms with van der Waals surface area (Å²) in [7, 11) is 0. The summed E-state index contributed by atoms with van der Waals surface area (Å²) in [5, 5.41) is 15.9. The van der Waals surface area contributed by atoms with Gasteiger partial charge in [0, 0.05) is 33.2 Å². The molecule has 0 saturated heterocycles. The molecule has 0 bridgehead atoms. The van der Waals surface area contributed by atoms with Gasteiger partial charge in [0.2, 0.25) is 5.91 Å². The van der Waals surface area contributed by atoms with E-state index in [1.54, 1.807) is 11.3 Å². The lowest BCUT2D eigenvalue weighted by Gasteiger charge is -2.13. The van der Waals surface area contributed by atoms with Crippen molar-refractivity contribution in [2.75, 3.05) is 5.75 Å². The van der Waals surface area contributed by atoms with Gasteiger partial charge in [-0.25, -0.2) is 0 Å². The summed E-state index contributed by atoms with van der Waals surface area (Å²) in [4.78, 5) is 17.1. The number of nitrogens with one attached hydrogen (secondary N) is 2. The first-order valence-electron chi connectivity index (χ1n) is 10.6. The van der Waals surface area contributed by atoms with Gasteiger partial charge in [0.1, 0.15) is 0 Å². The van der Waals surface area contributed by atoms with E-state index in [2.05, 4.69) is 45.6 Å². The number of para-hydroxylation sites is 1. The van der Waals surface area contributed by atoms with Gasteiger partial charge in [-0.05, 0) is 49.1 Å². The summed E-state index contributed by atoms with van der Waals surface area (Å²) in [6, 6.07) is 20.4. The maximum absolute atomic E-state index is 12.6. The number of fused-ring (bicyclic) bond motifs is 1. The first-order valence-corrected chi connectivity index (χ1v) is 12.5. The highest BCUT2D eigenvalue weighted by Crippen LogP contribution is 2.32. The molecular weight excluding hydrogens is 450 g/mol. The molecule has 5 aromatic rings. The molecule has 166 valence electrons. The van der Waals surface area contributed by atoms with Gasteiger partial charge in [-0.2, -0.15) is 0 Å². The average molecular weight is 474 g/mol. The maximum atomic E-state index is 12.6. The molecule has 33 heavy (non-hydrogen) atoms. The molecule has 0 radical (unpaired) electrons. The van der Waals surface area contributed by atoms with Crippen molar-refractivity contribution in [3.63, 3.8) is 0 Å². The van der Waals surface area contributed by atoms with E-state index in [0.717, 1.165) is 38.4 Å². The molecule has 3 aromatic heterocycles. The molecule has 5 rings (SSSR count). The van der Waals surface area contributed by atoms with Gasteiger partial charge < -0.3 is 10.3 Å². The van der Waals surface area contributed by atoms with Crippen LogP contribution in [0.2, 0.25) is 0 Å². The minimum atomic E-state index is -0.0339. The fraction of sp³-hybridized carbons (Fsp3) is 0.160. The molecule has 0 aliphatic heterocycles. The second kappa shape index (κ2) is 9.25. The summed E-state index contributed by atoms with van der Waals surface area (Å²) in [6.07, 6.45) is 1.96. The van der Waals surface area contributed by atoms with Gasteiger partial charge in [-0.1, -0.05) is 48.2 Å². The van der Waals surface area contributed by atoms with Crippen LogP contribution < -0.4 is 5.32 Å². The summed E-state index contributed by atoms with van der Waals surface area (Å²) in [6.45, 7) is 4.06. The zero-order valence-corrected chi connectivity index (χ0v) is 19.9. The van der Waals surface area contributed by atoms with Gasteiger partial charge in [-0.3, -0.25) is 9.36 Å². The molecule has 1 unspecified atom stereocenters. The number of aromatic amines is 1. The number of aryl methyl sites for hydroxylation is 1. The minimum Gasteiger partial charge on any atom is -0.360 e. The van der Waals surface area contributed by atoms with Crippen molar-refractivity contribution in [3.8, 4) is 17.1 Å². The molecule has 2 N–H and O–H groups in total. The molecule has 0 aliphatic carbocycles. The van der Waals surface area contributed by atoms with Crippen molar-refractivity contribution in [2.45, 2.75) is 25.0 Å². The van der Waals surface area contributed by atoms with Crippen molar-refractivity contribution >= 4 is 39.9 Å². The fourth-order valence-corrected chi connectivity index (χ4v) is 5.31. The molecule has 0 aliphatic rings. The highest BCUT2D eigenvalue weighted by Gasteiger charge is 2.20. The van der Waals surface area contributed by atoms with Crippen LogP contribution in [0.15, 0.2) is 77.4 Å². The Morgan fingerprint density at radius 3 is 2.85 bits per heavy atom. The number of aromatic nitrogens is 4. The largest absolute Gasteiger partial charge is 0.360 e. The number of hydrogen-bond acceptors (Lipinski definition) is 5. The Hall–Kier alpha value is -3.36. The highest BCUT2D eigenvalue weighted by molar-refractivity contribution is 7.99. The van der Waals surface area contributed by atoms with E-state index in [9.17, 15) is 4.79 Å². The first kappa shape index (κ1) is 21.5. The van der Waals surface area contributed by atoms with Crippen LogP contribution in [0.3, 0.4) is 0 Å². The van der Waals surface area contributed by atoms with Crippen molar-refractivity contribution in [1.82, 2.24) is 25.1 Å². The Morgan fingerprint density at radius 2 is 2.03 bits per heavy atom. The standard InChI is InChI=1S/C25H23N5OS2/c1-16-7-5-8-18(13-16)30-24(20-14-26-21-10-4-3-9-19(20)21)28-29-25(30)33-15-23(31)27-17(2)22-11-6-12-32-22/h3-14,17,26H,15H2,1-2H3,(H,27,31). The van der Waals surface area contributed by atoms with Crippen molar-refractivity contribution in [3.05, 3.63) is 82.7 Å². The zero-order valence-electron chi connectivity index (χ0n) is 18.3.